The third-order valence-corrected chi connectivity index (χ3v) is 8.55. The lowest BCUT2D eigenvalue weighted by Gasteiger charge is -2.22. The van der Waals surface area contributed by atoms with E-state index in [2.05, 4.69) is 5.32 Å². The molecule has 0 heterocycles. The largest absolute Gasteiger partial charge is 0.324 e. The fraction of sp³-hybridized carbons (Fsp3) is 0.138. The van der Waals surface area contributed by atoms with Gasteiger partial charge in [-0.15, -0.1) is 0 Å². The predicted octanol–water partition coefficient (Wildman–Crippen LogP) is 6.02. The number of amides is 1. The number of benzene rings is 4. The van der Waals surface area contributed by atoms with Gasteiger partial charge in [-0.05, 0) is 55.3 Å². The monoisotopic (exact) mass is 516 g/mol. The number of aryl methyl sites for hydroxylation is 1. The van der Waals surface area contributed by atoms with Crippen LogP contribution in [0.4, 0.5) is 5.69 Å². The van der Waals surface area contributed by atoms with Crippen LogP contribution in [0, 0.1) is 6.92 Å². The van der Waals surface area contributed by atoms with E-state index in [1.54, 1.807) is 24.3 Å². The summed E-state index contributed by atoms with van der Waals surface area (Å²) in [5.41, 5.74) is 2.62. The van der Waals surface area contributed by atoms with Gasteiger partial charge in [0.25, 0.3) is 0 Å². The van der Waals surface area contributed by atoms with Gasteiger partial charge in [0.1, 0.15) is 0 Å². The zero-order valence-electron chi connectivity index (χ0n) is 20.0. The molecule has 36 heavy (non-hydrogen) atoms. The molecule has 0 aromatic heterocycles. The van der Waals surface area contributed by atoms with Crippen molar-refractivity contribution in [2.24, 2.45) is 0 Å². The lowest BCUT2D eigenvalue weighted by Crippen LogP contribution is -2.39. The highest BCUT2D eigenvalue weighted by Gasteiger charge is 2.26. The molecule has 0 radical (unpaired) electrons. The van der Waals surface area contributed by atoms with Crippen molar-refractivity contribution in [1.29, 1.82) is 0 Å². The molecular weight excluding hydrogens is 488 g/mol. The van der Waals surface area contributed by atoms with E-state index in [1.165, 1.54) is 16.1 Å². The molecule has 4 aromatic carbocycles. The van der Waals surface area contributed by atoms with Crippen LogP contribution in [-0.4, -0.2) is 31.7 Å². The molecule has 1 N–H and O–H groups in total. The van der Waals surface area contributed by atoms with Crippen LogP contribution in [0.15, 0.2) is 124 Å². The molecule has 0 aliphatic heterocycles. The summed E-state index contributed by atoms with van der Waals surface area (Å²) in [5.74, 6) is -0.389. The number of hydrogen-bond donors (Lipinski definition) is 1. The molecule has 0 fully saturated rings. The van der Waals surface area contributed by atoms with E-state index in [0.717, 1.165) is 20.9 Å². The number of carbonyl (C=O) groups excluding carboxylic acids is 1. The number of nitrogens with one attached hydrogen (secondary N) is 1. The van der Waals surface area contributed by atoms with Crippen LogP contribution in [0.5, 0.6) is 0 Å². The zero-order chi connectivity index (χ0) is 25.4. The van der Waals surface area contributed by atoms with Crippen LogP contribution in [0.3, 0.4) is 0 Å². The molecule has 0 unspecified atom stereocenters. The number of carbonyl (C=O) groups is 1. The van der Waals surface area contributed by atoms with E-state index >= 15 is 0 Å². The van der Waals surface area contributed by atoms with Crippen molar-refractivity contribution >= 4 is 33.4 Å². The molecule has 0 spiro atoms. The summed E-state index contributed by atoms with van der Waals surface area (Å²) in [5, 5.41) is 2.93. The van der Waals surface area contributed by atoms with E-state index < -0.39 is 10.0 Å². The quantitative estimate of drug-likeness (QED) is 0.280. The summed E-state index contributed by atoms with van der Waals surface area (Å²) in [6.45, 7) is 1.81. The lowest BCUT2D eigenvalue weighted by molar-refractivity contribution is -0.116. The summed E-state index contributed by atoms with van der Waals surface area (Å²) in [6, 6.07) is 33.8. The molecule has 0 atom stereocenters. The van der Waals surface area contributed by atoms with Crippen LogP contribution in [0.1, 0.15) is 11.1 Å². The van der Waals surface area contributed by atoms with Gasteiger partial charge in [-0.3, -0.25) is 4.79 Å². The topological polar surface area (TPSA) is 66.5 Å². The van der Waals surface area contributed by atoms with Gasteiger partial charge in [0, 0.05) is 16.3 Å². The molecule has 4 aromatic rings. The SMILES string of the molecule is Cc1ccc(S(=O)(=O)N(CCc2ccccc2)CC(=O)Nc2ccccc2Sc2ccccc2)cc1. The summed E-state index contributed by atoms with van der Waals surface area (Å²) in [4.78, 5) is 15.2. The Kier molecular flexibility index (Phi) is 8.59. The highest BCUT2D eigenvalue weighted by molar-refractivity contribution is 7.99. The first-order chi connectivity index (χ1) is 17.4. The Labute approximate surface area is 217 Å². The van der Waals surface area contributed by atoms with Crippen LogP contribution in [0.25, 0.3) is 0 Å². The first-order valence-corrected chi connectivity index (χ1v) is 13.9. The number of hydrogen-bond acceptors (Lipinski definition) is 4. The molecule has 5 nitrogen and oxygen atoms in total. The summed E-state index contributed by atoms with van der Waals surface area (Å²) < 4.78 is 28.3. The van der Waals surface area contributed by atoms with Crippen molar-refractivity contribution in [3.8, 4) is 0 Å². The number of rotatable bonds is 10. The van der Waals surface area contributed by atoms with Crippen molar-refractivity contribution in [3.05, 3.63) is 120 Å². The average Bonchev–Trinajstić information content (AvgIpc) is 2.89. The fourth-order valence-electron chi connectivity index (χ4n) is 3.67. The lowest BCUT2D eigenvalue weighted by atomic mass is 10.1. The third-order valence-electron chi connectivity index (χ3n) is 5.60. The standard InChI is InChI=1S/C29H28N2O3S2/c1-23-16-18-26(19-17-23)36(33,34)31(21-20-24-10-4-2-5-11-24)22-29(32)30-27-14-8-9-15-28(27)35-25-12-6-3-7-13-25/h2-19H,20-22H2,1H3,(H,30,32). The van der Waals surface area contributed by atoms with Gasteiger partial charge in [-0.25, -0.2) is 8.42 Å². The van der Waals surface area contributed by atoms with Gasteiger partial charge in [0.05, 0.1) is 17.1 Å². The first-order valence-electron chi connectivity index (χ1n) is 11.6. The molecule has 0 aliphatic rings. The molecule has 0 saturated heterocycles. The van der Waals surface area contributed by atoms with Crippen LogP contribution in [-0.2, 0) is 21.2 Å². The smallest absolute Gasteiger partial charge is 0.243 e. The summed E-state index contributed by atoms with van der Waals surface area (Å²) in [7, 11) is -3.87. The Bertz CT molecular complexity index is 1390. The van der Waals surface area contributed by atoms with Crippen molar-refractivity contribution in [1.82, 2.24) is 4.31 Å². The molecule has 184 valence electrons. The fourth-order valence-corrected chi connectivity index (χ4v) is 5.99. The van der Waals surface area contributed by atoms with Crippen molar-refractivity contribution in [3.63, 3.8) is 0 Å². The summed E-state index contributed by atoms with van der Waals surface area (Å²) in [6.07, 6.45) is 0.500. The van der Waals surface area contributed by atoms with E-state index in [9.17, 15) is 13.2 Å². The third kappa shape index (κ3) is 6.85. The molecule has 0 bridgehead atoms. The predicted molar refractivity (Wildman–Crippen MR) is 146 cm³/mol. The van der Waals surface area contributed by atoms with Gasteiger partial charge in [-0.2, -0.15) is 4.31 Å². The maximum atomic E-state index is 13.5. The molecule has 0 aliphatic carbocycles. The molecule has 7 heteroatoms. The normalized spacial score (nSPS) is 11.4. The second-order valence-corrected chi connectivity index (χ2v) is 11.4. The Morgan fingerprint density at radius 1 is 0.806 bits per heavy atom. The van der Waals surface area contributed by atoms with Gasteiger partial charge in [0.2, 0.25) is 15.9 Å². The molecular formula is C29H28N2O3S2. The van der Waals surface area contributed by atoms with Crippen LogP contribution < -0.4 is 5.32 Å². The highest BCUT2D eigenvalue weighted by atomic mass is 32.2. The molecule has 1 amide bonds. The second kappa shape index (κ2) is 12.0. The second-order valence-electron chi connectivity index (χ2n) is 8.35. The maximum absolute atomic E-state index is 13.5. The zero-order valence-corrected chi connectivity index (χ0v) is 21.6. The van der Waals surface area contributed by atoms with E-state index in [1.807, 2.05) is 91.9 Å². The molecule has 4 rings (SSSR count). The van der Waals surface area contributed by atoms with E-state index in [4.69, 9.17) is 0 Å². The van der Waals surface area contributed by atoms with E-state index in [0.29, 0.717) is 12.1 Å². The maximum Gasteiger partial charge on any atom is 0.243 e. The van der Waals surface area contributed by atoms with Gasteiger partial charge < -0.3 is 5.32 Å². The van der Waals surface area contributed by atoms with E-state index in [-0.39, 0.29) is 23.9 Å². The number of para-hydroxylation sites is 1. The minimum Gasteiger partial charge on any atom is -0.324 e. The first kappa shape index (κ1) is 25.7. The van der Waals surface area contributed by atoms with Gasteiger partial charge >= 0.3 is 0 Å². The Morgan fingerprint density at radius 3 is 2.11 bits per heavy atom. The van der Waals surface area contributed by atoms with Gasteiger partial charge in [-0.1, -0.05) is 90.1 Å². The minimum atomic E-state index is -3.87. The van der Waals surface area contributed by atoms with Crippen molar-refractivity contribution in [2.75, 3.05) is 18.4 Å². The Morgan fingerprint density at radius 2 is 1.42 bits per heavy atom. The Hall–Kier alpha value is -3.39. The number of anilines is 1. The number of sulfonamides is 1. The number of nitrogens with zero attached hydrogens (tertiary/aromatic N) is 1. The molecule has 0 saturated carbocycles. The van der Waals surface area contributed by atoms with Crippen molar-refractivity contribution < 1.29 is 13.2 Å². The summed E-state index contributed by atoms with van der Waals surface area (Å²) >= 11 is 1.54. The highest BCUT2D eigenvalue weighted by Crippen LogP contribution is 2.33. The van der Waals surface area contributed by atoms with Crippen LogP contribution in [0.2, 0.25) is 0 Å². The van der Waals surface area contributed by atoms with Crippen molar-refractivity contribution in [2.45, 2.75) is 28.0 Å². The van der Waals surface area contributed by atoms with Gasteiger partial charge in [0.15, 0.2) is 0 Å². The minimum absolute atomic E-state index is 0.175. The average molecular weight is 517 g/mol. The van der Waals surface area contributed by atoms with Crippen LogP contribution >= 0.6 is 11.8 Å². The Balaban J connectivity index is 1.54.